The minimum absolute atomic E-state index is 0.438. The molecule has 6 nitrogen and oxygen atoms in total. The zero-order valence-corrected chi connectivity index (χ0v) is 14.9. The van der Waals surface area contributed by atoms with Crippen molar-refractivity contribution in [2.75, 3.05) is 11.4 Å². The molecule has 4 amide bonds. The van der Waals surface area contributed by atoms with Gasteiger partial charge in [0.25, 0.3) is 5.91 Å². The standard InChI is InChI=1S/C20H23N3O3/c1-14(21-13-12-15-8-4-2-5-9-15)17-18(24)22-20(26)23(19(17)25)16-10-6-3-7-11-16/h3,6-8,10-11,17H,2,4-5,9,12-13H2,1H3,(H,22,24,26). The quantitative estimate of drug-likeness (QED) is 0.501. The lowest BCUT2D eigenvalue weighted by atomic mass is 9.97. The Hall–Kier alpha value is -2.76. The van der Waals surface area contributed by atoms with Crippen molar-refractivity contribution in [3.63, 3.8) is 0 Å². The molecule has 0 spiro atoms. The fourth-order valence-electron chi connectivity index (χ4n) is 3.36. The van der Waals surface area contributed by atoms with Crippen LogP contribution in [0.3, 0.4) is 0 Å². The summed E-state index contributed by atoms with van der Waals surface area (Å²) in [7, 11) is 0. The maximum atomic E-state index is 12.8. The highest BCUT2D eigenvalue weighted by Crippen LogP contribution is 2.22. The largest absolute Gasteiger partial charge is 0.335 e. The lowest BCUT2D eigenvalue weighted by Crippen LogP contribution is -2.60. The summed E-state index contributed by atoms with van der Waals surface area (Å²) >= 11 is 0. The molecule has 0 saturated carbocycles. The van der Waals surface area contributed by atoms with Crippen molar-refractivity contribution in [1.82, 2.24) is 5.32 Å². The zero-order valence-electron chi connectivity index (χ0n) is 14.9. The molecular formula is C20H23N3O3. The number of anilines is 1. The molecule has 6 heteroatoms. The van der Waals surface area contributed by atoms with Gasteiger partial charge in [0.15, 0.2) is 5.92 Å². The maximum Gasteiger partial charge on any atom is 0.335 e. The first-order chi connectivity index (χ1) is 12.6. The summed E-state index contributed by atoms with van der Waals surface area (Å²) in [6, 6.07) is 7.87. The van der Waals surface area contributed by atoms with E-state index in [1.54, 1.807) is 37.3 Å². The Morgan fingerprint density at radius 1 is 1.19 bits per heavy atom. The predicted octanol–water partition coefficient (Wildman–Crippen LogP) is 3.24. The second-order valence-electron chi connectivity index (χ2n) is 6.62. The van der Waals surface area contributed by atoms with Crippen LogP contribution in [-0.4, -0.2) is 30.1 Å². The first kappa shape index (κ1) is 18.0. The van der Waals surface area contributed by atoms with Crippen molar-refractivity contribution in [3.8, 4) is 0 Å². The Balaban J connectivity index is 1.73. The van der Waals surface area contributed by atoms with Gasteiger partial charge in [-0.25, -0.2) is 9.69 Å². The topological polar surface area (TPSA) is 78.8 Å². The van der Waals surface area contributed by atoms with Crippen molar-refractivity contribution in [3.05, 3.63) is 42.0 Å². The van der Waals surface area contributed by atoms with Gasteiger partial charge in [-0.1, -0.05) is 29.8 Å². The van der Waals surface area contributed by atoms with E-state index in [1.165, 1.54) is 18.4 Å². The second kappa shape index (κ2) is 8.08. The van der Waals surface area contributed by atoms with E-state index >= 15 is 0 Å². The van der Waals surface area contributed by atoms with Gasteiger partial charge in [-0.2, -0.15) is 0 Å². The molecule has 1 aromatic rings. The molecule has 3 rings (SSSR count). The molecule has 1 N–H and O–H groups in total. The average Bonchev–Trinajstić information content (AvgIpc) is 2.63. The molecule has 1 atom stereocenters. The Morgan fingerprint density at radius 3 is 2.65 bits per heavy atom. The number of nitrogens with zero attached hydrogens (tertiary/aromatic N) is 2. The number of para-hydroxylation sites is 1. The Morgan fingerprint density at radius 2 is 1.96 bits per heavy atom. The predicted molar refractivity (Wildman–Crippen MR) is 100 cm³/mol. The number of allylic oxidation sites excluding steroid dienone is 1. The summed E-state index contributed by atoms with van der Waals surface area (Å²) < 4.78 is 0. The van der Waals surface area contributed by atoms with Gasteiger partial charge >= 0.3 is 6.03 Å². The van der Waals surface area contributed by atoms with Gasteiger partial charge in [0, 0.05) is 12.3 Å². The highest BCUT2D eigenvalue weighted by Gasteiger charge is 2.42. The average molecular weight is 353 g/mol. The van der Waals surface area contributed by atoms with Crippen LogP contribution in [-0.2, 0) is 9.59 Å². The summed E-state index contributed by atoms with van der Waals surface area (Å²) in [6.07, 6.45) is 7.80. The monoisotopic (exact) mass is 353 g/mol. The number of aliphatic imine (C=N–C) groups is 1. The molecule has 1 saturated heterocycles. The lowest BCUT2D eigenvalue weighted by molar-refractivity contribution is -0.131. The minimum Gasteiger partial charge on any atom is -0.293 e. The van der Waals surface area contributed by atoms with Crippen molar-refractivity contribution < 1.29 is 14.4 Å². The molecule has 0 radical (unpaired) electrons. The van der Waals surface area contributed by atoms with E-state index in [4.69, 9.17) is 0 Å². The van der Waals surface area contributed by atoms with Crippen molar-refractivity contribution >= 4 is 29.2 Å². The molecule has 136 valence electrons. The molecule has 1 unspecified atom stereocenters. The maximum absolute atomic E-state index is 12.8. The summed E-state index contributed by atoms with van der Waals surface area (Å²) in [6.45, 7) is 2.23. The van der Waals surface area contributed by atoms with E-state index in [0.29, 0.717) is 17.9 Å². The molecule has 1 aliphatic heterocycles. The van der Waals surface area contributed by atoms with Crippen molar-refractivity contribution in [2.24, 2.45) is 10.9 Å². The van der Waals surface area contributed by atoms with Gasteiger partial charge in [-0.3, -0.25) is 19.9 Å². The molecule has 0 aromatic heterocycles. The number of benzene rings is 1. The third-order valence-corrected chi connectivity index (χ3v) is 4.77. The van der Waals surface area contributed by atoms with Crippen LogP contribution in [0.25, 0.3) is 0 Å². The van der Waals surface area contributed by atoms with Crippen LogP contribution >= 0.6 is 0 Å². The Labute approximate surface area is 153 Å². The Kier molecular flexibility index (Phi) is 5.61. The molecule has 1 heterocycles. The van der Waals surface area contributed by atoms with Gasteiger partial charge in [0.1, 0.15) is 0 Å². The number of carbonyl (C=O) groups excluding carboxylic acids is 3. The Bertz CT molecular complexity index is 768. The number of rotatable bonds is 5. The summed E-state index contributed by atoms with van der Waals surface area (Å²) in [4.78, 5) is 42.6. The van der Waals surface area contributed by atoms with Crippen LogP contribution in [0.4, 0.5) is 10.5 Å². The van der Waals surface area contributed by atoms with Crippen LogP contribution < -0.4 is 10.2 Å². The number of hydrogen-bond donors (Lipinski definition) is 1. The number of urea groups is 1. The minimum atomic E-state index is -1.06. The zero-order chi connectivity index (χ0) is 18.5. The number of imide groups is 2. The summed E-state index contributed by atoms with van der Waals surface area (Å²) in [5.74, 6) is -2.22. The highest BCUT2D eigenvalue weighted by molar-refractivity contribution is 6.35. The van der Waals surface area contributed by atoms with E-state index < -0.39 is 23.8 Å². The normalized spacial score (nSPS) is 21.5. The fraction of sp³-hybridized carbons (Fsp3) is 0.400. The van der Waals surface area contributed by atoms with Gasteiger partial charge < -0.3 is 0 Å². The van der Waals surface area contributed by atoms with Gasteiger partial charge in [-0.15, -0.1) is 0 Å². The number of hydrogen-bond acceptors (Lipinski definition) is 4. The fourth-order valence-corrected chi connectivity index (χ4v) is 3.36. The van der Waals surface area contributed by atoms with Gasteiger partial charge in [0.2, 0.25) is 5.91 Å². The van der Waals surface area contributed by atoms with E-state index in [1.807, 2.05) is 0 Å². The third kappa shape index (κ3) is 3.90. The van der Waals surface area contributed by atoms with Crippen molar-refractivity contribution in [2.45, 2.75) is 39.0 Å². The van der Waals surface area contributed by atoms with Crippen molar-refractivity contribution in [1.29, 1.82) is 0 Å². The number of amides is 4. The van der Waals surface area contributed by atoms with E-state index in [9.17, 15) is 14.4 Å². The van der Waals surface area contributed by atoms with Crippen LogP contribution in [0.15, 0.2) is 47.0 Å². The van der Waals surface area contributed by atoms with Gasteiger partial charge in [0.05, 0.1) is 5.69 Å². The smallest absolute Gasteiger partial charge is 0.293 e. The van der Waals surface area contributed by atoms with E-state index in [0.717, 1.165) is 24.2 Å². The van der Waals surface area contributed by atoms with Crippen LogP contribution in [0.5, 0.6) is 0 Å². The number of barbiturate groups is 1. The molecular weight excluding hydrogens is 330 g/mol. The van der Waals surface area contributed by atoms with E-state index in [-0.39, 0.29) is 0 Å². The molecule has 26 heavy (non-hydrogen) atoms. The van der Waals surface area contributed by atoms with Crippen LogP contribution in [0, 0.1) is 5.92 Å². The SMILES string of the molecule is CC(=NCCC1=CCCCC1)C1C(=O)NC(=O)N(c2ccccc2)C1=O. The molecule has 2 aliphatic rings. The summed E-state index contributed by atoms with van der Waals surface area (Å²) in [5.41, 5.74) is 2.28. The van der Waals surface area contributed by atoms with Gasteiger partial charge in [-0.05, 0) is 51.2 Å². The van der Waals surface area contributed by atoms with E-state index in [2.05, 4.69) is 16.4 Å². The molecule has 1 aromatic carbocycles. The molecule has 0 bridgehead atoms. The number of nitrogens with one attached hydrogen (secondary N) is 1. The highest BCUT2D eigenvalue weighted by atomic mass is 16.2. The molecule has 1 fully saturated rings. The van der Waals surface area contributed by atoms with Crippen LogP contribution in [0.2, 0.25) is 0 Å². The first-order valence-corrected chi connectivity index (χ1v) is 9.00. The number of carbonyl (C=O) groups is 3. The summed E-state index contributed by atoms with van der Waals surface area (Å²) in [5, 5.41) is 2.26. The first-order valence-electron chi connectivity index (χ1n) is 9.00. The second-order valence-corrected chi connectivity index (χ2v) is 6.62. The third-order valence-electron chi connectivity index (χ3n) is 4.77. The molecule has 1 aliphatic carbocycles. The van der Waals surface area contributed by atoms with Crippen LogP contribution in [0.1, 0.15) is 39.0 Å². The lowest BCUT2D eigenvalue weighted by Gasteiger charge is -2.30.